The fraction of sp³-hybridized carbons (Fsp3) is 0.965. The number of unbranched alkanes of at least 4 members (excludes halogenated alkanes) is 52. The zero-order chi connectivity index (χ0) is 78.8. The summed E-state index contributed by atoms with van der Waals surface area (Å²) in [5.74, 6) is -6.08. The minimum absolute atomic E-state index is 0.230. The third-order valence-corrected chi connectivity index (χ3v) is 22.8. The maximum absolute atomic E-state index is 13.6. The molecule has 0 aromatic heterocycles. The van der Waals surface area contributed by atoms with Crippen molar-refractivity contribution in [3.63, 3.8) is 0 Å². The van der Waals surface area contributed by atoms with Crippen LogP contribution in [0.4, 0.5) is 0 Å². The zero-order valence-corrected chi connectivity index (χ0v) is 68.0. The molecule has 18 unspecified atom stereocenters. The summed E-state index contributed by atoms with van der Waals surface area (Å²) in [6.45, 7) is 2.29. The summed E-state index contributed by atoms with van der Waals surface area (Å²) in [6.07, 6.45) is 41.1. The lowest BCUT2D eigenvalue weighted by Gasteiger charge is -2.50. The number of carboxylic acids is 1. The summed E-state index contributed by atoms with van der Waals surface area (Å²) in [6, 6.07) is -2.53. The lowest BCUT2D eigenvalue weighted by atomic mass is 9.88. The van der Waals surface area contributed by atoms with Crippen LogP contribution < -0.4 is 10.6 Å². The fourth-order valence-corrected chi connectivity index (χ4v) is 15.8. The molecule has 3 aliphatic heterocycles. The average Bonchev–Trinajstić information content (AvgIpc) is 0.754. The minimum Gasteiger partial charge on any atom is -0.477 e. The number of carboxylic acid groups (broad SMARTS) is 1. The Labute approximate surface area is 652 Å². The summed E-state index contributed by atoms with van der Waals surface area (Å²) in [7, 11) is 0. The first kappa shape index (κ1) is 99.9. The number of amides is 2. The molecule has 0 aliphatic carbocycles. The van der Waals surface area contributed by atoms with Gasteiger partial charge in [-0.05, 0) is 12.8 Å². The van der Waals surface area contributed by atoms with Gasteiger partial charge in [0.05, 0.1) is 50.7 Å². The Kier molecular flexibility index (Phi) is 59.2. The lowest BCUT2D eigenvalue weighted by Crippen LogP contribution is -2.70. The third kappa shape index (κ3) is 42.9. The van der Waals surface area contributed by atoms with Crippen molar-refractivity contribution in [3.05, 3.63) is 0 Å². The van der Waals surface area contributed by atoms with Crippen LogP contribution in [0.2, 0.25) is 0 Å². The molecule has 0 aromatic carbocycles. The number of carbonyl (C=O) groups excluding carboxylic acids is 2. The van der Waals surface area contributed by atoms with E-state index in [1.165, 1.54) is 289 Å². The van der Waals surface area contributed by atoms with E-state index in [9.17, 15) is 75.7 Å². The van der Waals surface area contributed by atoms with Gasteiger partial charge >= 0.3 is 5.97 Å². The van der Waals surface area contributed by atoms with Gasteiger partial charge in [-0.15, -0.1) is 0 Å². The van der Waals surface area contributed by atoms with Crippen molar-refractivity contribution in [2.45, 2.75) is 497 Å². The molecule has 0 radical (unpaired) electrons. The van der Waals surface area contributed by atoms with Gasteiger partial charge in [0.1, 0.15) is 67.1 Å². The van der Waals surface area contributed by atoms with Crippen LogP contribution in [0.25, 0.3) is 0 Å². The predicted octanol–water partition coefficient (Wildman–Crippen LogP) is 13.5. The van der Waals surface area contributed by atoms with Gasteiger partial charge < -0.3 is 100 Å². The van der Waals surface area contributed by atoms with Crippen LogP contribution >= 0.6 is 0 Å². The summed E-state index contributed by atoms with van der Waals surface area (Å²) < 4.78 is 35.0. The van der Waals surface area contributed by atoms with E-state index < -0.39 is 148 Å². The van der Waals surface area contributed by atoms with Gasteiger partial charge in [-0.3, -0.25) is 9.59 Å². The van der Waals surface area contributed by atoms with Crippen molar-refractivity contribution in [1.29, 1.82) is 0 Å². The second-order valence-electron chi connectivity index (χ2n) is 32.5. The molecule has 3 heterocycles. The number of carbonyl (C=O) groups is 3. The van der Waals surface area contributed by atoms with E-state index in [-0.39, 0.29) is 18.9 Å². The number of rotatable bonds is 72. The van der Waals surface area contributed by atoms with E-state index >= 15 is 0 Å². The quantitative estimate of drug-likeness (QED) is 0.0252. The number of aliphatic carboxylic acids is 1. The molecule has 23 heteroatoms. The van der Waals surface area contributed by atoms with Crippen LogP contribution in [0.5, 0.6) is 0 Å². The van der Waals surface area contributed by atoms with Crippen molar-refractivity contribution in [2.24, 2.45) is 0 Å². The number of aliphatic hydroxyl groups excluding tert-OH is 11. The van der Waals surface area contributed by atoms with Gasteiger partial charge in [-0.25, -0.2) is 4.79 Å². The van der Waals surface area contributed by atoms with Crippen LogP contribution in [0, 0.1) is 0 Å². The Bertz CT molecular complexity index is 2140. The Balaban J connectivity index is 1.45. The second-order valence-corrected chi connectivity index (χ2v) is 32.5. The van der Waals surface area contributed by atoms with Gasteiger partial charge in [-0.2, -0.15) is 0 Å². The Morgan fingerprint density at radius 3 is 1.16 bits per heavy atom. The molecule has 23 nitrogen and oxygen atoms in total. The number of nitrogens with one attached hydrogen (secondary N) is 2. The number of hydrogen-bond acceptors (Lipinski definition) is 20. The van der Waals surface area contributed by atoms with E-state index in [1.807, 2.05) is 0 Å². The molecule has 0 bridgehead atoms. The molecule has 14 N–H and O–H groups in total. The van der Waals surface area contributed by atoms with Crippen molar-refractivity contribution in [3.8, 4) is 0 Å². The normalized spacial score (nSPS) is 25.8. The molecule has 0 saturated carbocycles. The third-order valence-electron chi connectivity index (χ3n) is 22.8. The van der Waals surface area contributed by atoms with Crippen LogP contribution in [0.3, 0.4) is 0 Å². The van der Waals surface area contributed by atoms with Gasteiger partial charge in [-0.1, -0.05) is 354 Å². The molecule has 3 saturated heterocycles. The standard InChI is InChI=1S/C85H162N2O21/c1-4-6-8-10-12-14-16-18-20-22-24-26-28-29-30-31-32-33-34-35-36-37-39-41-43-45-47-49-51-53-55-57-59-72(95)87-66(67(92)58-56-54-52-50-48-46-44-42-40-38-27-25-23-21-19-17-15-13-11-9-7-5-2)64-103-82-77(99)76(98)79(71(63-90)105-82)106-83-78(100)81(75(97)70(62-89)104-83)108-85(84(101)102)60-68(93)73(86-65(3)91)80(107-85)74(96)69(94)61-88/h66-71,73-83,88-90,92-94,96-100H,4-64H2,1-3H3,(H,86,91)(H,87,95)(H,101,102). The first-order chi connectivity index (χ1) is 52.4. The first-order valence-electron chi connectivity index (χ1n) is 44.4. The lowest BCUT2D eigenvalue weighted by molar-refractivity contribution is -0.386. The molecule has 3 rings (SSSR count). The first-order valence-corrected chi connectivity index (χ1v) is 44.4. The maximum Gasteiger partial charge on any atom is 0.364 e. The Morgan fingerprint density at radius 2 is 0.806 bits per heavy atom. The van der Waals surface area contributed by atoms with Gasteiger partial charge in [0, 0.05) is 19.8 Å². The zero-order valence-electron chi connectivity index (χ0n) is 68.0. The number of ether oxygens (including phenoxy) is 6. The highest BCUT2D eigenvalue weighted by atomic mass is 16.8. The molecule has 108 heavy (non-hydrogen) atoms. The largest absolute Gasteiger partial charge is 0.477 e. The Hall–Kier alpha value is -2.27. The van der Waals surface area contributed by atoms with E-state index in [1.54, 1.807) is 0 Å². The summed E-state index contributed by atoms with van der Waals surface area (Å²) in [5.41, 5.74) is 0. The SMILES string of the molecule is CCCCCCCCCCCCCCCCCCCCCCCCCCCCCCCCCCC(=O)NC(COC1OC(CO)C(OC2OC(CO)C(O)C(OC3(C(=O)O)CC(O)C(NC(C)=O)C(C(O)C(O)CO)O3)C2O)C(O)C1O)C(O)CCCCCCCCCCCCCCCCCCCCCCCC. The second kappa shape index (κ2) is 64.0. The van der Waals surface area contributed by atoms with E-state index in [2.05, 4.69) is 24.5 Å². The summed E-state index contributed by atoms with van der Waals surface area (Å²) >= 11 is 0. The minimum atomic E-state index is -3.08. The van der Waals surface area contributed by atoms with Crippen molar-refractivity contribution in [2.75, 3.05) is 26.4 Å². The summed E-state index contributed by atoms with van der Waals surface area (Å²) in [5, 5.41) is 137. The molecule has 3 fully saturated rings. The molecule has 0 spiro atoms. The number of hydrogen-bond donors (Lipinski definition) is 14. The van der Waals surface area contributed by atoms with E-state index in [0.717, 1.165) is 51.9 Å². The van der Waals surface area contributed by atoms with Gasteiger partial charge in [0.2, 0.25) is 11.8 Å². The smallest absolute Gasteiger partial charge is 0.364 e. The fourth-order valence-electron chi connectivity index (χ4n) is 15.8. The number of aliphatic hydroxyl groups is 11. The van der Waals surface area contributed by atoms with Crippen LogP contribution in [0.15, 0.2) is 0 Å². The molecule has 18 atom stereocenters. The van der Waals surface area contributed by atoms with Crippen molar-refractivity contribution in [1.82, 2.24) is 10.6 Å². The predicted molar refractivity (Wildman–Crippen MR) is 422 cm³/mol. The van der Waals surface area contributed by atoms with Gasteiger partial charge in [0.15, 0.2) is 12.6 Å². The Morgan fingerprint density at radius 1 is 0.444 bits per heavy atom. The van der Waals surface area contributed by atoms with E-state index in [0.29, 0.717) is 19.3 Å². The molecule has 638 valence electrons. The van der Waals surface area contributed by atoms with Crippen LogP contribution in [0.1, 0.15) is 387 Å². The molecule has 2 amide bonds. The van der Waals surface area contributed by atoms with Crippen LogP contribution in [-0.4, -0.2) is 215 Å². The highest BCUT2D eigenvalue weighted by Gasteiger charge is 2.60. The maximum atomic E-state index is 13.6. The molecular formula is C85H162N2O21. The van der Waals surface area contributed by atoms with Crippen molar-refractivity contribution < 1.29 is 104 Å². The average molecular weight is 1550 g/mol. The molecule has 0 aromatic rings. The highest BCUT2D eigenvalue weighted by molar-refractivity contribution is 5.77. The van der Waals surface area contributed by atoms with Crippen molar-refractivity contribution >= 4 is 17.8 Å². The topological polar surface area (TPSA) is 373 Å². The molecule has 3 aliphatic rings. The van der Waals surface area contributed by atoms with Crippen LogP contribution in [-0.2, 0) is 42.8 Å². The summed E-state index contributed by atoms with van der Waals surface area (Å²) in [4.78, 5) is 38.8. The monoisotopic (exact) mass is 1550 g/mol. The molecular weight excluding hydrogens is 1380 g/mol. The van der Waals surface area contributed by atoms with Gasteiger partial charge in [0.25, 0.3) is 5.79 Å². The highest BCUT2D eigenvalue weighted by Crippen LogP contribution is 2.39. The van der Waals surface area contributed by atoms with E-state index in [4.69, 9.17) is 28.4 Å².